The number of amides is 1. The predicted molar refractivity (Wildman–Crippen MR) is 90.3 cm³/mol. The highest BCUT2D eigenvalue weighted by Crippen LogP contribution is 2.30. The molecular weight excluding hydrogens is 332 g/mol. The summed E-state index contributed by atoms with van der Waals surface area (Å²) in [7, 11) is 3.05. The van der Waals surface area contributed by atoms with E-state index in [-0.39, 0.29) is 16.0 Å². The number of anilines is 1. The zero-order valence-electron chi connectivity index (χ0n) is 13.2. The summed E-state index contributed by atoms with van der Waals surface area (Å²) in [6.07, 6.45) is 0. The molecule has 1 aromatic carbocycles. The fourth-order valence-corrected chi connectivity index (χ4v) is 2.92. The van der Waals surface area contributed by atoms with Gasteiger partial charge in [0.1, 0.15) is 16.2 Å². The average molecular weight is 346 g/mol. The predicted octanol–water partition coefficient (Wildman–Crippen LogP) is 1.96. The van der Waals surface area contributed by atoms with Gasteiger partial charge in [-0.3, -0.25) is 9.59 Å². The second-order valence-corrected chi connectivity index (χ2v) is 5.66. The monoisotopic (exact) mass is 346 g/mol. The number of carbonyl (C=O) groups is 1. The van der Waals surface area contributed by atoms with Crippen molar-refractivity contribution in [2.24, 2.45) is 0 Å². The van der Waals surface area contributed by atoms with Crippen LogP contribution in [-0.4, -0.2) is 34.5 Å². The molecule has 2 aromatic heterocycles. The van der Waals surface area contributed by atoms with E-state index in [0.717, 1.165) is 11.5 Å². The molecule has 2 N–H and O–H groups in total. The van der Waals surface area contributed by atoms with Gasteiger partial charge in [0.15, 0.2) is 17.0 Å². The van der Waals surface area contributed by atoms with Gasteiger partial charge in [-0.15, -0.1) is 0 Å². The van der Waals surface area contributed by atoms with E-state index in [1.54, 1.807) is 25.1 Å². The van der Waals surface area contributed by atoms with Crippen LogP contribution in [0.25, 0.3) is 11.0 Å². The Morgan fingerprint density at radius 2 is 1.96 bits per heavy atom. The van der Waals surface area contributed by atoms with Crippen molar-refractivity contribution < 1.29 is 14.3 Å². The standard InChI is InChI=1S/C15H14N4O4S/c1-7-16-11-12(14(20)17-7)19-24-13(11)15(21)18-8-4-5-9(22-2)10(6-8)23-3/h4-6H,1-3H3,(H,18,21)(H,16,17,20). The van der Waals surface area contributed by atoms with Crippen molar-refractivity contribution >= 4 is 34.2 Å². The minimum absolute atomic E-state index is 0.156. The van der Waals surface area contributed by atoms with Crippen molar-refractivity contribution in [2.75, 3.05) is 19.5 Å². The number of hydrogen-bond donors (Lipinski definition) is 2. The number of H-pyrrole nitrogens is 1. The van der Waals surface area contributed by atoms with Crippen LogP contribution in [-0.2, 0) is 0 Å². The number of methoxy groups -OCH3 is 2. The number of benzene rings is 1. The first-order valence-corrected chi connectivity index (χ1v) is 7.70. The lowest BCUT2D eigenvalue weighted by Gasteiger charge is -2.10. The molecule has 3 rings (SSSR count). The van der Waals surface area contributed by atoms with Gasteiger partial charge in [0.25, 0.3) is 11.5 Å². The second-order valence-electron chi connectivity index (χ2n) is 4.88. The summed E-state index contributed by atoms with van der Waals surface area (Å²) in [6, 6.07) is 5.02. The molecule has 3 aromatic rings. The smallest absolute Gasteiger partial charge is 0.278 e. The molecule has 0 radical (unpaired) electrons. The number of aromatic nitrogens is 3. The quantitative estimate of drug-likeness (QED) is 0.748. The van der Waals surface area contributed by atoms with Crippen LogP contribution in [0.2, 0.25) is 0 Å². The zero-order chi connectivity index (χ0) is 17.3. The lowest BCUT2D eigenvalue weighted by molar-refractivity contribution is 0.103. The second kappa shape index (κ2) is 6.28. The third-order valence-electron chi connectivity index (χ3n) is 3.30. The van der Waals surface area contributed by atoms with E-state index in [1.165, 1.54) is 14.2 Å². The Morgan fingerprint density at radius 3 is 2.67 bits per heavy atom. The molecule has 0 bridgehead atoms. The van der Waals surface area contributed by atoms with Crippen molar-refractivity contribution in [1.29, 1.82) is 0 Å². The molecule has 124 valence electrons. The highest BCUT2D eigenvalue weighted by atomic mass is 32.1. The minimum Gasteiger partial charge on any atom is -0.493 e. The average Bonchev–Trinajstić information content (AvgIpc) is 2.98. The van der Waals surface area contributed by atoms with Gasteiger partial charge in [0.2, 0.25) is 0 Å². The first-order chi connectivity index (χ1) is 11.5. The minimum atomic E-state index is -0.396. The van der Waals surface area contributed by atoms with Crippen molar-refractivity contribution in [1.82, 2.24) is 14.3 Å². The third kappa shape index (κ3) is 2.81. The molecule has 0 saturated carbocycles. The van der Waals surface area contributed by atoms with Crippen molar-refractivity contribution in [3.05, 3.63) is 39.3 Å². The maximum absolute atomic E-state index is 12.5. The third-order valence-corrected chi connectivity index (χ3v) is 4.14. The molecule has 24 heavy (non-hydrogen) atoms. The molecule has 0 unspecified atom stereocenters. The summed E-state index contributed by atoms with van der Waals surface area (Å²) in [6.45, 7) is 1.65. The molecule has 0 atom stereocenters. The van der Waals surface area contributed by atoms with Crippen LogP contribution in [0.4, 0.5) is 5.69 Å². The summed E-state index contributed by atoms with van der Waals surface area (Å²) in [4.78, 5) is 31.4. The Hall–Kier alpha value is -2.94. The molecular formula is C15H14N4O4S. The van der Waals surface area contributed by atoms with Crippen LogP contribution in [0, 0.1) is 6.92 Å². The molecule has 0 aliphatic rings. The number of aryl methyl sites for hydroxylation is 1. The van der Waals surface area contributed by atoms with Gasteiger partial charge in [-0.1, -0.05) is 0 Å². The largest absolute Gasteiger partial charge is 0.493 e. The number of rotatable bonds is 4. The summed E-state index contributed by atoms with van der Waals surface area (Å²) in [5.41, 5.74) is 0.613. The van der Waals surface area contributed by atoms with Crippen LogP contribution in [0.3, 0.4) is 0 Å². The van der Waals surface area contributed by atoms with E-state index in [2.05, 4.69) is 19.7 Å². The summed E-state index contributed by atoms with van der Waals surface area (Å²) in [5.74, 6) is 1.08. The first kappa shape index (κ1) is 15.9. The zero-order valence-corrected chi connectivity index (χ0v) is 14.0. The molecule has 1 amide bonds. The van der Waals surface area contributed by atoms with Crippen LogP contribution in [0.5, 0.6) is 11.5 Å². The van der Waals surface area contributed by atoms with Crippen LogP contribution in [0.1, 0.15) is 15.5 Å². The maximum atomic E-state index is 12.5. The van der Waals surface area contributed by atoms with E-state index < -0.39 is 5.91 Å². The van der Waals surface area contributed by atoms with Gasteiger partial charge in [-0.05, 0) is 30.6 Å². The van der Waals surface area contributed by atoms with Gasteiger partial charge in [0, 0.05) is 11.8 Å². The number of ether oxygens (including phenoxy) is 2. The Morgan fingerprint density at radius 1 is 1.21 bits per heavy atom. The van der Waals surface area contributed by atoms with Gasteiger partial charge in [-0.25, -0.2) is 4.98 Å². The molecule has 8 nitrogen and oxygen atoms in total. The molecule has 0 aliphatic carbocycles. The Kier molecular flexibility index (Phi) is 4.17. The van der Waals surface area contributed by atoms with Gasteiger partial charge < -0.3 is 19.8 Å². The molecule has 0 fully saturated rings. The van der Waals surface area contributed by atoms with Crippen molar-refractivity contribution in [3.63, 3.8) is 0 Å². The molecule has 9 heteroatoms. The van der Waals surface area contributed by atoms with Crippen molar-refractivity contribution in [2.45, 2.75) is 6.92 Å². The topological polar surface area (TPSA) is 106 Å². The maximum Gasteiger partial charge on any atom is 0.278 e. The first-order valence-electron chi connectivity index (χ1n) is 6.93. The van der Waals surface area contributed by atoms with Gasteiger partial charge in [0.05, 0.1) is 14.2 Å². The fraction of sp³-hybridized carbons (Fsp3) is 0.200. The highest BCUT2D eigenvalue weighted by Gasteiger charge is 2.18. The summed E-state index contributed by atoms with van der Waals surface area (Å²) >= 11 is 0.930. The van der Waals surface area contributed by atoms with Crippen LogP contribution < -0.4 is 20.3 Å². The highest BCUT2D eigenvalue weighted by molar-refractivity contribution is 7.09. The summed E-state index contributed by atoms with van der Waals surface area (Å²) in [5, 5.41) is 2.75. The Balaban J connectivity index is 1.95. The van der Waals surface area contributed by atoms with Gasteiger partial charge in [-0.2, -0.15) is 4.37 Å². The molecule has 0 saturated heterocycles. The molecule has 2 heterocycles. The lowest BCUT2D eigenvalue weighted by atomic mass is 10.2. The summed E-state index contributed by atoms with van der Waals surface area (Å²) < 4.78 is 14.4. The number of aromatic amines is 1. The lowest BCUT2D eigenvalue weighted by Crippen LogP contribution is -2.13. The fourth-order valence-electron chi connectivity index (χ4n) is 2.21. The van der Waals surface area contributed by atoms with Crippen LogP contribution >= 0.6 is 11.5 Å². The number of fused-ring (bicyclic) bond motifs is 1. The number of carbonyl (C=O) groups excluding carboxylic acids is 1. The van der Waals surface area contributed by atoms with E-state index in [1.807, 2.05) is 0 Å². The Labute approximate surface area is 140 Å². The normalized spacial score (nSPS) is 10.6. The SMILES string of the molecule is COc1ccc(NC(=O)c2snc3c(=O)[nH]c(C)nc23)cc1OC. The van der Waals surface area contributed by atoms with E-state index in [4.69, 9.17) is 9.47 Å². The number of hydrogen-bond acceptors (Lipinski definition) is 7. The van der Waals surface area contributed by atoms with E-state index >= 15 is 0 Å². The van der Waals surface area contributed by atoms with Crippen LogP contribution in [0.15, 0.2) is 23.0 Å². The van der Waals surface area contributed by atoms with E-state index in [0.29, 0.717) is 28.5 Å². The van der Waals surface area contributed by atoms with Crippen molar-refractivity contribution in [3.8, 4) is 11.5 Å². The molecule has 0 aliphatic heterocycles. The Bertz CT molecular complexity index is 979. The number of nitrogens with zero attached hydrogens (tertiary/aromatic N) is 2. The number of nitrogens with one attached hydrogen (secondary N) is 2. The van der Waals surface area contributed by atoms with Gasteiger partial charge >= 0.3 is 0 Å². The van der Waals surface area contributed by atoms with E-state index in [9.17, 15) is 9.59 Å². The molecule has 0 spiro atoms.